The van der Waals surface area contributed by atoms with Gasteiger partial charge in [-0.15, -0.1) is 0 Å². The topological polar surface area (TPSA) is 66.9 Å². The van der Waals surface area contributed by atoms with Gasteiger partial charge in [0.15, 0.2) is 11.5 Å². The van der Waals surface area contributed by atoms with Gasteiger partial charge in [0.05, 0.1) is 18.1 Å². The molecule has 0 unspecified atom stereocenters. The van der Waals surface area contributed by atoms with Crippen molar-refractivity contribution >= 4 is 11.6 Å². The standard InChI is InChI=1S/C20H17FN4O/c21-20(12-22-13-20)16-8-4-7-15(9-16)19(26)25-17-10-23-18(24-11-17)14-5-2-1-3-6-14/h1-11,22H,12-13H2,(H,25,26). The predicted octanol–water partition coefficient (Wildman–Crippen LogP) is 3.16. The van der Waals surface area contributed by atoms with E-state index in [4.69, 9.17) is 0 Å². The molecule has 5 nitrogen and oxygen atoms in total. The van der Waals surface area contributed by atoms with Crippen LogP contribution in [0.3, 0.4) is 0 Å². The van der Waals surface area contributed by atoms with Crippen LogP contribution in [0, 0.1) is 0 Å². The van der Waals surface area contributed by atoms with Crippen LogP contribution in [-0.2, 0) is 5.67 Å². The smallest absolute Gasteiger partial charge is 0.255 e. The Morgan fingerprint density at radius 2 is 1.77 bits per heavy atom. The zero-order chi connectivity index (χ0) is 18.0. The molecule has 1 aliphatic rings. The Balaban J connectivity index is 1.49. The third-order valence-electron chi connectivity index (χ3n) is 4.39. The number of hydrogen-bond donors (Lipinski definition) is 2. The van der Waals surface area contributed by atoms with Gasteiger partial charge in [-0.25, -0.2) is 14.4 Å². The van der Waals surface area contributed by atoms with Crippen LogP contribution < -0.4 is 10.6 Å². The van der Waals surface area contributed by atoms with E-state index in [9.17, 15) is 9.18 Å². The Morgan fingerprint density at radius 3 is 2.42 bits per heavy atom. The van der Waals surface area contributed by atoms with Crippen molar-refractivity contribution in [3.05, 3.63) is 78.1 Å². The van der Waals surface area contributed by atoms with E-state index in [0.717, 1.165) is 5.56 Å². The number of halogens is 1. The summed E-state index contributed by atoms with van der Waals surface area (Å²) in [7, 11) is 0. The van der Waals surface area contributed by atoms with Crippen molar-refractivity contribution < 1.29 is 9.18 Å². The maximum absolute atomic E-state index is 14.5. The Hall–Kier alpha value is -3.12. The summed E-state index contributed by atoms with van der Waals surface area (Å²) in [5, 5.41) is 5.66. The minimum atomic E-state index is -1.39. The molecule has 1 amide bonds. The number of anilines is 1. The van der Waals surface area contributed by atoms with E-state index >= 15 is 0 Å². The molecule has 0 aliphatic carbocycles. The molecule has 1 aliphatic heterocycles. The Bertz CT molecular complexity index is 924. The van der Waals surface area contributed by atoms with Crippen LogP contribution in [0.2, 0.25) is 0 Å². The van der Waals surface area contributed by atoms with Crippen LogP contribution in [0.4, 0.5) is 10.1 Å². The van der Waals surface area contributed by atoms with E-state index in [-0.39, 0.29) is 19.0 Å². The molecule has 1 saturated heterocycles. The van der Waals surface area contributed by atoms with E-state index in [1.54, 1.807) is 36.7 Å². The Kier molecular flexibility index (Phi) is 4.18. The zero-order valence-corrected chi connectivity index (χ0v) is 13.9. The summed E-state index contributed by atoms with van der Waals surface area (Å²) in [6.45, 7) is 0.541. The van der Waals surface area contributed by atoms with Gasteiger partial charge in [-0.2, -0.15) is 0 Å². The van der Waals surface area contributed by atoms with Gasteiger partial charge in [-0.1, -0.05) is 42.5 Å². The molecule has 1 aromatic heterocycles. The largest absolute Gasteiger partial charge is 0.319 e. The first-order chi connectivity index (χ1) is 12.6. The second-order valence-electron chi connectivity index (χ2n) is 6.27. The summed E-state index contributed by atoms with van der Waals surface area (Å²) in [6.07, 6.45) is 3.12. The molecule has 1 fully saturated rings. The van der Waals surface area contributed by atoms with Gasteiger partial charge in [-0.05, 0) is 17.7 Å². The van der Waals surface area contributed by atoms with Gasteiger partial charge in [0, 0.05) is 24.2 Å². The molecule has 0 bridgehead atoms. The fraction of sp³-hybridized carbons (Fsp3) is 0.150. The number of nitrogens with one attached hydrogen (secondary N) is 2. The first-order valence-electron chi connectivity index (χ1n) is 8.33. The molecule has 0 spiro atoms. The number of aromatic nitrogens is 2. The van der Waals surface area contributed by atoms with Gasteiger partial charge in [0.25, 0.3) is 5.91 Å². The van der Waals surface area contributed by atoms with E-state index in [1.807, 2.05) is 30.3 Å². The summed E-state index contributed by atoms with van der Waals surface area (Å²) < 4.78 is 14.5. The normalized spacial score (nSPS) is 15.1. The predicted molar refractivity (Wildman–Crippen MR) is 97.5 cm³/mol. The van der Waals surface area contributed by atoms with Crippen LogP contribution in [-0.4, -0.2) is 29.0 Å². The summed E-state index contributed by atoms with van der Waals surface area (Å²) in [5.74, 6) is 0.265. The third-order valence-corrected chi connectivity index (χ3v) is 4.39. The van der Waals surface area contributed by atoms with E-state index in [2.05, 4.69) is 20.6 Å². The highest BCUT2D eigenvalue weighted by Crippen LogP contribution is 2.30. The quantitative estimate of drug-likeness (QED) is 0.760. The minimum Gasteiger partial charge on any atom is -0.319 e. The molecule has 130 valence electrons. The van der Waals surface area contributed by atoms with Crippen molar-refractivity contribution in [1.29, 1.82) is 0 Å². The van der Waals surface area contributed by atoms with Crippen LogP contribution in [0.25, 0.3) is 11.4 Å². The maximum atomic E-state index is 14.5. The maximum Gasteiger partial charge on any atom is 0.255 e. The average Bonchev–Trinajstić information content (AvgIpc) is 2.67. The number of nitrogens with zero attached hydrogens (tertiary/aromatic N) is 2. The fourth-order valence-corrected chi connectivity index (χ4v) is 2.82. The first-order valence-corrected chi connectivity index (χ1v) is 8.33. The molecule has 0 saturated carbocycles. The van der Waals surface area contributed by atoms with E-state index in [1.165, 1.54) is 0 Å². The zero-order valence-electron chi connectivity index (χ0n) is 13.9. The van der Waals surface area contributed by atoms with Crippen molar-refractivity contribution in [3.8, 4) is 11.4 Å². The summed E-state index contributed by atoms with van der Waals surface area (Å²) in [5.41, 5.74) is 0.912. The lowest BCUT2D eigenvalue weighted by atomic mass is 9.89. The van der Waals surface area contributed by atoms with Gasteiger partial charge in [0.1, 0.15) is 0 Å². The number of carbonyl (C=O) groups is 1. The average molecular weight is 348 g/mol. The summed E-state index contributed by atoms with van der Waals surface area (Å²) in [6, 6.07) is 16.2. The number of benzene rings is 2. The third kappa shape index (κ3) is 3.19. The molecule has 2 N–H and O–H groups in total. The lowest BCUT2D eigenvalue weighted by Crippen LogP contribution is -2.53. The van der Waals surface area contributed by atoms with Crippen molar-refractivity contribution in [2.75, 3.05) is 18.4 Å². The lowest BCUT2D eigenvalue weighted by Gasteiger charge is -2.35. The van der Waals surface area contributed by atoms with E-state index < -0.39 is 5.67 Å². The second kappa shape index (κ2) is 6.65. The summed E-state index contributed by atoms with van der Waals surface area (Å²) in [4.78, 5) is 21.0. The molecule has 2 aromatic carbocycles. The van der Waals surface area contributed by atoms with Crippen molar-refractivity contribution in [2.24, 2.45) is 0 Å². The number of amides is 1. The summed E-state index contributed by atoms with van der Waals surface area (Å²) >= 11 is 0. The van der Waals surface area contributed by atoms with Crippen molar-refractivity contribution in [3.63, 3.8) is 0 Å². The highest BCUT2D eigenvalue weighted by molar-refractivity contribution is 6.04. The van der Waals surface area contributed by atoms with Crippen LogP contribution in [0.1, 0.15) is 15.9 Å². The molecular formula is C20H17FN4O. The Labute approximate surface area is 150 Å². The van der Waals surface area contributed by atoms with Crippen LogP contribution in [0.5, 0.6) is 0 Å². The number of rotatable bonds is 4. The molecule has 6 heteroatoms. The van der Waals surface area contributed by atoms with E-state index in [0.29, 0.717) is 22.6 Å². The second-order valence-corrected chi connectivity index (χ2v) is 6.27. The van der Waals surface area contributed by atoms with Crippen LogP contribution in [0.15, 0.2) is 67.0 Å². The minimum absolute atomic E-state index is 0.271. The molecule has 0 atom stereocenters. The molecular weight excluding hydrogens is 331 g/mol. The van der Waals surface area contributed by atoms with Gasteiger partial charge in [-0.3, -0.25) is 4.79 Å². The first kappa shape index (κ1) is 16.4. The SMILES string of the molecule is O=C(Nc1cnc(-c2ccccc2)nc1)c1cccc(C2(F)CNC2)c1. The fourth-order valence-electron chi connectivity index (χ4n) is 2.82. The number of alkyl halides is 1. The molecule has 2 heterocycles. The monoisotopic (exact) mass is 348 g/mol. The van der Waals surface area contributed by atoms with Crippen molar-refractivity contribution in [1.82, 2.24) is 15.3 Å². The highest BCUT2D eigenvalue weighted by Gasteiger charge is 2.38. The van der Waals surface area contributed by atoms with Gasteiger partial charge < -0.3 is 10.6 Å². The number of carbonyl (C=O) groups excluding carboxylic acids is 1. The van der Waals surface area contributed by atoms with Crippen molar-refractivity contribution in [2.45, 2.75) is 5.67 Å². The highest BCUT2D eigenvalue weighted by atomic mass is 19.1. The number of hydrogen-bond acceptors (Lipinski definition) is 4. The molecule has 0 radical (unpaired) electrons. The molecule has 26 heavy (non-hydrogen) atoms. The van der Waals surface area contributed by atoms with Gasteiger partial charge in [0.2, 0.25) is 0 Å². The van der Waals surface area contributed by atoms with Gasteiger partial charge >= 0.3 is 0 Å². The lowest BCUT2D eigenvalue weighted by molar-refractivity contribution is 0.0889. The molecule has 4 rings (SSSR count). The Morgan fingerprint density at radius 1 is 1.04 bits per heavy atom. The van der Waals surface area contributed by atoms with Crippen LogP contribution >= 0.6 is 0 Å². The molecule has 3 aromatic rings.